The van der Waals surface area contributed by atoms with Crippen molar-refractivity contribution in [3.63, 3.8) is 0 Å². The van der Waals surface area contributed by atoms with E-state index in [0.717, 1.165) is 11.1 Å². The zero-order chi connectivity index (χ0) is 27.6. The van der Waals surface area contributed by atoms with E-state index in [2.05, 4.69) is 0 Å². The number of ether oxygens (including phenoxy) is 2. The summed E-state index contributed by atoms with van der Waals surface area (Å²) in [5.41, 5.74) is 2.49. The summed E-state index contributed by atoms with van der Waals surface area (Å²) in [4.78, 5) is 35.6. The molecule has 0 amide bonds. The highest BCUT2D eigenvalue weighted by Gasteiger charge is 2.17. The van der Waals surface area contributed by atoms with Crippen LogP contribution in [0.2, 0.25) is 0 Å². The van der Waals surface area contributed by atoms with Crippen molar-refractivity contribution in [3.05, 3.63) is 147 Å². The van der Waals surface area contributed by atoms with Gasteiger partial charge in [0.05, 0.1) is 16.1 Å². The Hall–Kier alpha value is -5.24. The molecule has 0 heterocycles. The average molecular weight is 524 g/mol. The molecule has 4 aromatic carbocycles. The van der Waals surface area contributed by atoms with E-state index in [4.69, 9.17) is 9.47 Å². The second-order valence-corrected chi connectivity index (χ2v) is 8.56. The van der Waals surface area contributed by atoms with Crippen molar-refractivity contribution in [3.8, 4) is 5.75 Å². The number of nitrogens with zero attached hydrogens (tertiary/aromatic N) is 1. The number of allylic oxidation sites excluding steroid dienone is 1. The number of nitro benzene ring substituents is 1. The number of carbonyl (C=O) groups excluding carboxylic acids is 1. The molecule has 0 unspecified atom stereocenters. The van der Waals surface area contributed by atoms with Crippen LogP contribution in [0.5, 0.6) is 5.75 Å². The van der Waals surface area contributed by atoms with Crippen molar-refractivity contribution >= 4 is 23.7 Å². The summed E-state index contributed by atoms with van der Waals surface area (Å²) in [6.07, 6.45) is 3.34. The molecule has 8 nitrogen and oxygen atoms in total. The Bertz CT molecular complexity index is 1500. The fourth-order valence-electron chi connectivity index (χ4n) is 3.94. The summed E-state index contributed by atoms with van der Waals surface area (Å²) in [6.45, 7) is 0.302. The van der Waals surface area contributed by atoms with E-state index in [1.54, 1.807) is 24.3 Å². The highest BCUT2D eigenvalue weighted by atomic mass is 16.6. The van der Waals surface area contributed by atoms with Crippen LogP contribution in [0.4, 0.5) is 5.69 Å². The number of non-ortho nitro benzene ring substituents is 1. The van der Waals surface area contributed by atoms with Crippen molar-refractivity contribution in [1.29, 1.82) is 0 Å². The van der Waals surface area contributed by atoms with E-state index in [1.807, 2.05) is 60.7 Å². The van der Waals surface area contributed by atoms with Crippen molar-refractivity contribution < 1.29 is 29.1 Å². The summed E-state index contributed by atoms with van der Waals surface area (Å²) in [7, 11) is 0. The van der Waals surface area contributed by atoms with E-state index in [9.17, 15) is 24.8 Å². The van der Waals surface area contributed by atoms with Crippen molar-refractivity contribution in [2.75, 3.05) is 0 Å². The largest absolute Gasteiger partial charge is 0.489 e. The zero-order valence-corrected chi connectivity index (χ0v) is 20.9. The minimum absolute atomic E-state index is 0.0495. The molecule has 0 saturated carbocycles. The maximum absolute atomic E-state index is 12.8. The van der Waals surface area contributed by atoms with Gasteiger partial charge in [0.2, 0.25) is 0 Å². The molecule has 4 rings (SSSR count). The predicted octanol–water partition coefficient (Wildman–Crippen LogP) is 6.48. The van der Waals surface area contributed by atoms with Crippen LogP contribution in [0, 0.1) is 10.1 Å². The number of aromatic carboxylic acids is 1. The number of benzene rings is 4. The third kappa shape index (κ3) is 7.17. The molecule has 0 radical (unpaired) electrons. The minimum Gasteiger partial charge on any atom is -0.489 e. The van der Waals surface area contributed by atoms with Gasteiger partial charge >= 0.3 is 11.9 Å². The molecule has 0 fully saturated rings. The standard InChI is InChI=1S/C31H25NO7/c33-30(34)28-15-8-16-29(38-20-22-9-3-1-4-10-22)27(28)14-7-13-24-19-25(32(36)37)17-18-26(24)31(35)39-21-23-11-5-2-6-12-23/h1-13,15-19H,14,20-21H2,(H,33,34)/b13-7+. The van der Waals surface area contributed by atoms with Gasteiger partial charge in [0.1, 0.15) is 19.0 Å². The van der Waals surface area contributed by atoms with Gasteiger partial charge in [-0.25, -0.2) is 9.59 Å². The van der Waals surface area contributed by atoms with E-state index >= 15 is 0 Å². The lowest BCUT2D eigenvalue weighted by atomic mass is 10.0. The van der Waals surface area contributed by atoms with Gasteiger partial charge in [-0.3, -0.25) is 10.1 Å². The lowest BCUT2D eigenvalue weighted by molar-refractivity contribution is -0.384. The van der Waals surface area contributed by atoms with E-state index in [-0.39, 0.29) is 42.0 Å². The number of nitro groups is 1. The molecule has 0 aliphatic heterocycles. The first-order valence-corrected chi connectivity index (χ1v) is 12.1. The Morgan fingerprint density at radius 1 is 0.821 bits per heavy atom. The molecule has 8 heteroatoms. The van der Waals surface area contributed by atoms with Crippen molar-refractivity contribution in [2.24, 2.45) is 0 Å². The first-order chi connectivity index (χ1) is 18.9. The quantitative estimate of drug-likeness (QED) is 0.136. The molecule has 0 spiro atoms. The van der Waals surface area contributed by atoms with Crippen molar-refractivity contribution in [2.45, 2.75) is 19.6 Å². The van der Waals surface area contributed by atoms with E-state index in [1.165, 1.54) is 24.3 Å². The zero-order valence-electron chi connectivity index (χ0n) is 20.9. The topological polar surface area (TPSA) is 116 Å². The lowest BCUT2D eigenvalue weighted by Crippen LogP contribution is -2.08. The highest BCUT2D eigenvalue weighted by molar-refractivity contribution is 5.94. The third-order valence-electron chi connectivity index (χ3n) is 5.90. The van der Waals surface area contributed by atoms with Crippen LogP contribution in [0.1, 0.15) is 43.0 Å². The van der Waals surface area contributed by atoms with E-state index in [0.29, 0.717) is 11.3 Å². The number of hydrogen-bond acceptors (Lipinski definition) is 6. The number of esters is 1. The maximum atomic E-state index is 12.8. The molecule has 196 valence electrons. The Morgan fingerprint density at radius 3 is 2.13 bits per heavy atom. The van der Waals surface area contributed by atoms with Crippen LogP contribution in [0.3, 0.4) is 0 Å². The fourth-order valence-corrected chi connectivity index (χ4v) is 3.94. The molecule has 0 aliphatic rings. The maximum Gasteiger partial charge on any atom is 0.339 e. The van der Waals surface area contributed by atoms with Gasteiger partial charge < -0.3 is 14.6 Å². The summed E-state index contributed by atoms with van der Waals surface area (Å²) < 4.78 is 11.4. The molecule has 0 aliphatic carbocycles. The SMILES string of the molecule is O=C(OCc1ccccc1)c1ccc([N+](=O)[O-])cc1/C=C/Cc1c(OCc2ccccc2)cccc1C(=O)O. The van der Waals surface area contributed by atoms with Crippen LogP contribution in [-0.4, -0.2) is 22.0 Å². The van der Waals surface area contributed by atoms with Gasteiger partial charge in [0.15, 0.2) is 0 Å². The molecular formula is C31H25NO7. The molecular weight excluding hydrogens is 498 g/mol. The Labute approximate surface area is 224 Å². The number of hydrogen-bond donors (Lipinski definition) is 1. The number of rotatable bonds is 11. The molecule has 0 atom stereocenters. The van der Waals surface area contributed by atoms with Crippen LogP contribution < -0.4 is 4.74 Å². The number of carbonyl (C=O) groups is 2. The first kappa shape index (κ1) is 26.8. The highest BCUT2D eigenvalue weighted by Crippen LogP contribution is 2.26. The predicted molar refractivity (Wildman–Crippen MR) is 146 cm³/mol. The van der Waals surface area contributed by atoms with Gasteiger partial charge in [0.25, 0.3) is 5.69 Å². The van der Waals surface area contributed by atoms with Gasteiger partial charge in [-0.1, -0.05) is 78.9 Å². The van der Waals surface area contributed by atoms with Crippen LogP contribution >= 0.6 is 0 Å². The lowest BCUT2D eigenvalue weighted by Gasteiger charge is -2.13. The average Bonchev–Trinajstić information content (AvgIpc) is 2.96. The molecule has 39 heavy (non-hydrogen) atoms. The Kier molecular flexibility index (Phi) is 8.82. The molecule has 1 N–H and O–H groups in total. The Morgan fingerprint density at radius 2 is 1.49 bits per heavy atom. The summed E-state index contributed by atoms with van der Waals surface area (Å²) in [5, 5.41) is 21.1. The van der Waals surface area contributed by atoms with Crippen LogP contribution in [0.15, 0.2) is 103 Å². The van der Waals surface area contributed by atoms with Crippen LogP contribution in [0.25, 0.3) is 6.08 Å². The molecule has 0 saturated heterocycles. The minimum atomic E-state index is -1.11. The summed E-state index contributed by atoms with van der Waals surface area (Å²) in [6, 6.07) is 27.3. The van der Waals surface area contributed by atoms with Gasteiger partial charge in [-0.15, -0.1) is 0 Å². The molecule has 0 bridgehead atoms. The number of carboxylic acids is 1. The fraction of sp³-hybridized carbons (Fsp3) is 0.0968. The normalized spacial score (nSPS) is 10.8. The first-order valence-electron chi connectivity index (χ1n) is 12.1. The monoisotopic (exact) mass is 523 g/mol. The van der Waals surface area contributed by atoms with E-state index < -0.39 is 16.9 Å². The second kappa shape index (κ2) is 12.8. The summed E-state index contributed by atoms with van der Waals surface area (Å²) >= 11 is 0. The van der Waals surface area contributed by atoms with Crippen LogP contribution in [-0.2, 0) is 24.4 Å². The van der Waals surface area contributed by atoms with Gasteiger partial charge in [-0.05, 0) is 41.3 Å². The second-order valence-electron chi connectivity index (χ2n) is 8.56. The van der Waals surface area contributed by atoms with Crippen molar-refractivity contribution in [1.82, 2.24) is 0 Å². The summed E-state index contributed by atoms with van der Waals surface area (Å²) in [5.74, 6) is -1.33. The third-order valence-corrected chi connectivity index (χ3v) is 5.90. The molecule has 0 aromatic heterocycles. The number of carboxylic acid groups (broad SMARTS) is 1. The smallest absolute Gasteiger partial charge is 0.339 e. The Balaban J connectivity index is 1.58. The molecule has 4 aromatic rings. The van der Waals surface area contributed by atoms with Gasteiger partial charge in [-0.2, -0.15) is 0 Å². The van der Waals surface area contributed by atoms with Gasteiger partial charge in [0, 0.05) is 17.7 Å².